The number of aromatic nitrogens is 2. The Morgan fingerprint density at radius 2 is 1.09 bits per heavy atom. The van der Waals surface area contributed by atoms with E-state index in [-0.39, 0.29) is 46.1 Å². The van der Waals surface area contributed by atoms with Gasteiger partial charge in [-0.15, -0.1) is 0 Å². The number of H-pyrrole nitrogens is 1. The van der Waals surface area contributed by atoms with Crippen molar-refractivity contribution >= 4 is 22.8 Å². The molecule has 0 saturated heterocycles. The van der Waals surface area contributed by atoms with Crippen molar-refractivity contribution in [1.82, 2.24) is 9.97 Å². The molecule has 0 aliphatic heterocycles. The second-order valence-electron chi connectivity index (χ2n) is 3.47. The van der Waals surface area contributed by atoms with Crippen LogP contribution in [0.5, 0.6) is 0 Å². The van der Waals surface area contributed by atoms with Crippen LogP contribution in [0.4, 0.5) is 0 Å². The summed E-state index contributed by atoms with van der Waals surface area (Å²) in [7, 11) is 0. The number of aromatic amines is 1. The van der Waals surface area contributed by atoms with Gasteiger partial charge < -0.3 is 52.6 Å². The smallest absolute Gasteiger partial charge is 0.0919 e. The van der Waals surface area contributed by atoms with Crippen molar-refractivity contribution in [1.29, 1.82) is 0 Å². The maximum atomic E-state index is 9.60. The molecule has 23 heavy (non-hydrogen) atoms. The van der Waals surface area contributed by atoms with Gasteiger partial charge in [0.15, 0.2) is 0 Å². The van der Waals surface area contributed by atoms with E-state index in [1.165, 1.54) is 27.7 Å². The second-order valence-corrected chi connectivity index (χ2v) is 3.47. The van der Waals surface area contributed by atoms with Crippen molar-refractivity contribution in [2.24, 2.45) is 20.6 Å². The molecule has 134 valence electrons. The molecule has 0 radical (unpaired) electrons. The van der Waals surface area contributed by atoms with E-state index in [1.54, 1.807) is 18.7 Å². The number of hydrogen-bond donors (Lipinski definition) is 1. The van der Waals surface area contributed by atoms with Crippen molar-refractivity contribution < 1.29 is 17.1 Å². The molecule has 11 nitrogen and oxygen atoms in total. The summed E-state index contributed by atoms with van der Waals surface area (Å²) >= 11 is 0. The van der Waals surface area contributed by atoms with E-state index in [2.05, 4.69) is 30.6 Å². The third-order valence-corrected chi connectivity index (χ3v) is 2.00. The first kappa shape index (κ1) is 28.7. The number of nitrogens with two attached hydrogens (primary N) is 1. The van der Waals surface area contributed by atoms with E-state index in [9.17, 15) is 20.8 Å². The second kappa shape index (κ2) is 19.6. The molecular formula is C11H18FeN7O4-5. The molecule has 0 aliphatic rings. The van der Waals surface area contributed by atoms with Crippen molar-refractivity contribution in [2.75, 3.05) is 0 Å². The Labute approximate surface area is 144 Å². The molecule has 0 fully saturated rings. The molecule has 1 heterocycles. The molecule has 0 atom stereocenters. The zero-order valence-corrected chi connectivity index (χ0v) is 14.1. The average Bonchev–Trinajstić information content (AvgIpc) is 3.11. The summed E-state index contributed by atoms with van der Waals surface area (Å²) in [5.74, 6) is 0. The third kappa shape index (κ3) is 17.5. The number of imidazole rings is 1. The Morgan fingerprint density at radius 1 is 0.783 bits per heavy atom. The summed E-state index contributed by atoms with van der Waals surface area (Å²) in [6.45, 7) is 5.74. The summed E-state index contributed by atoms with van der Waals surface area (Å²) < 4.78 is 0. The topological polar surface area (TPSA) is 204 Å². The van der Waals surface area contributed by atoms with Gasteiger partial charge in [0.1, 0.15) is 0 Å². The van der Waals surface area contributed by atoms with Crippen LogP contribution < -0.4 is 0 Å². The first-order valence-corrected chi connectivity index (χ1v) is 5.55. The van der Waals surface area contributed by atoms with Crippen LogP contribution in [0, 0.1) is 20.8 Å². The van der Waals surface area contributed by atoms with Gasteiger partial charge in [-0.25, -0.2) is 4.98 Å². The fourth-order valence-electron chi connectivity index (χ4n) is 0.479. The van der Waals surface area contributed by atoms with Gasteiger partial charge in [-0.05, 0) is 27.7 Å². The number of rotatable bonds is 2. The SMILES string of the molecule is CC(=N\[O-])/C(C)=N/[O-].CC(=N\[O-])/C(C)=N/[O-].[Fe].[NH2-].c1c[nH]cn1. The number of hydrogen-bond acceptors (Lipinski definition) is 9. The monoisotopic (exact) mass is 368 g/mol. The Morgan fingerprint density at radius 3 is 1.17 bits per heavy atom. The predicted octanol–water partition coefficient (Wildman–Crippen LogP) is 2.93. The summed E-state index contributed by atoms with van der Waals surface area (Å²) in [4.78, 5) is 6.42. The molecule has 0 bridgehead atoms. The molecule has 0 saturated carbocycles. The molecule has 0 spiro atoms. The minimum absolute atomic E-state index is 0. The quantitative estimate of drug-likeness (QED) is 0.473. The zero-order valence-electron chi connectivity index (χ0n) is 13.0. The molecule has 1 aromatic heterocycles. The van der Waals surface area contributed by atoms with Crippen molar-refractivity contribution in [3.63, 3.8) is 0 Å². The summed E-state index contributed by atoms with van der Waals surface area (Å²) in [6, 6.07) is 0. The maximum absolute atomic E-state index is 9.60. The summed E-state index contributed by atoms with van der Waals surface area (Å²) in [5.41, 5.74) is 0.556. The van der Waals surface area contributed by atoms with Gasteiger partial charge in [-0.3, -0.25) is 0 Å². The molecule has 1 aromatic rings. The normalized spacial score (nSPS) is 11.7. The maximum Gasteiger partial charge on any atom is 0.0919 e. The Kier molecular flexibility index (Phi) is 24.4. The summed E-state index contributed by atoms with van der Waals surface area (Å²) in [6.07, 6.45) is 5.08. The van der Waals surface area contributed by atoms with Gasteiger partial charge in [-0.2, -0.15) is 0 Å². The van der Waals surface area contributed by atoms with Crippen LogP contribution in [-0.2, 0) is 17.1 Å². The Hall–Kier alpha value is -2.43. The molecule has 0 aromatic carbocycles. The number of nitrogens with one attached hydrogen (secondary N) is 1. The van der Waals surface area contributed by atoms with Gasteiger partial charge in [0.05, 0.1) is 6.33 Å². The van der Waals surface area contributed by atoms with Crippen LogP contribution in [0.15, 0.2) is 39.3 Å². The van der Waals surface area contributed by atoms with E-state index in [0.717, 1.165) is 0 Å². The van der Waals surface area contributed by atoms with Crippen molar-refractivity contribution in [3.8, 4) is 0 Å². The molecule has 0 unspecified atom stereocenters. The van der Waals surface area contributed by atoms with Gasteiger partial charge >= 0.3 is 0 Å². The number of nitrogens with zero attached hydrogens (tertiary/aromatic N) is 5. The average molecular weight is 368 g/mol. The molecule has 3 N–H and O–H groups in total. The minimum atomic E-state index is 0. The Balaban J connectivity index is -0.000000115. The van der Waals surface area contributed by atoms with E-state index in [1.807, 2.05) is 0 Å². The van der Waals surface area contributed by atoms with E-state index < -0.39 is 0 Å². The molecule has 0 aliphatic carbocycles. The zero-order chi connectivity index (χ0) is 16.7. The summed E-state index contributed by atoms with van der Waals surface area (Å²) in [5, 5.41) is 48.4. The van der Waals surface area contributed by atoms with Crippen molar-refractivity contribution in [2.45, 2.75) is 27.7 Å². The first-order chi connectivity index (χ1) is 9.94. The van der Waals surface area contributed by atoms with E-state index in [4.69, 9.17) is 0 Å². The standard InChI is InChI=1S/2C4H8N2O2.C3H4N2.Fe.H2N/c2*1-3(5-7)4(2)6-8;1-2-5-3-4-1;;/h2*7-8H,1-2H3;1-3H,(H,4,5);;1H2/q;;;;-1/p-4/b2*5-3+,6-4+;;;. The molecule has 1 rings (SSSR count). The van der Waals surface area contributed by atoms with Crippen LogP contribution in [0.3, 0.4) is 0 Å². The first-order valence-electron chi connectivity index (χ1n) is 5.55. The van der Waals surface area contributed by atoms with Gasteiger partial charge in [-0.1, -0.05) is 0 Å². The fourth-order valence-corrected chi connectivity index (χ4v) is 0.479. The molecular weight excluding hydrogens is 350 g/mol. The van der Waals surface area contributed by atoms with Gasteiger partial charge in [0.2, 0.25) is 0 Å². The van der Waals surface area contributed by atoms with Gasteiger partial charge in [0, 0.05) is 52.3 Å². The predicted molar refractivity (Wildman–Crippen MR) is 89.8 cm³/mol. The van der Waals surface area contributed by atoms with Gasteiger partial charge in [0.25, 0.3) is 0 Å². The van der Waals surface area contributed by atoms with E-state index >= 15 is 0 Å². The third-order valence-electron chi connectivity index (χ3n) is 2.00. The van der Waals surface area contributed by atoms with Crippen LogP contribution in [0.1, 0.15) is 27.7 Å². The van der Waals surface area contributed by atoms with Crippen LogP contribution >= 0.6 is 0 Å². The van der Waals surface area contributed by atoms with Crippen LogP contribution in [0.2, 0.25) is 0 Å². The fraction of sp³-hybridized carbons (Fsp3) is 0.364. The Bertz CT molecular complexity index is 405. The van der Waals surface area contributed by atoms with Crippen molar-refractivity contribution in [3.05, 3.63) is 45.7 Å². The molecule has 0 amide bonds. The van der Waals surface area contributed by atoms with E-state index in [0.29, 0.717) is 0 Å². The largest absolute Gasteiger partial charge is 0.792 e. The van der Waals surface area contributed by atoms with Crippen LogP contribution in [0.25, 0.3) is 6.15 Å². The van der Waals surface area contributed by atoms with Crippen LogP contribution in [-0.4, -0.2) is 32.8 Å². The minimum Gasteiger partial charge on any atom is -0.792 e. The molecule has 12 heteroatoms.